The molecule has 0 radical (unpaired) electrons. The van der Waals surface area contributed by atoms with E-state index in [2.05, 4.69) is 4.90 Å². The number of piperidine rings is 1. The van der Waals surface area contributed by atoms with Crippen LogP contribution in [0.3, 0.4) is 0 Å². The standard InChI is InChI=1S/C11H21NO2/c13-10-5-4-8-14-11(10)9-12-6-2-1-3-7-12/h10-11,13H,1-9H2. The molecule has 2 aliphatic rings. The van der Waals surface area contributed by atoms with Crippen LogP contribution in [0.25, 0.3) is 0 Å². The maximum absolute atomic E-state index is 9.75. The van der Waals surface area contributed by atoms with Gasteiger partial charge in [0, 0.05) is 13.2 Å². The average molecular weight is 199 g/mol. The summed E-state index contributed by atoms with van der Waals surface area (Å²) in [4.78, 5) is 2.43. The third-order valence-electron chi connectivity index (χ3n) is 3.29. The molecule has 2 atom stereocenters. The van der Waals surface area contributed by atoms with E-state index in [1.165, 1.54) is 32.4 Å². The van der Waals surface area contributed by atoms with Crippen LogP contribution in [0.2, 0.25) is 0 Å². The quantitative estimate of drug-likeness (QED) is 0.720. The van der Waals surface area contributed by atoms with Gasteiger partial charge in [0.15, 0.2) is 0 Å². The lowest BCUT2D eigenvalue weighted by molar-refractivity contribution is -0.0870. The number of aliphatic hydroxyl groups excluding tert-OH is 1. The minimum atomic E-state index is -0.231. The Morgan fingerprint density at radius 1 is 1.14 bits per heavy atom. The SMILES string of the molecule is OC1CCCOC1CN1CCCCC1. The van der Waals surface area contributed by atoms with Crippen molar-refractivity contribution in [1.29, 1.82) is 0 Å². The third kappa shape index (κ3) is 2.69. The number of hydrogen-bond acceptors (Lipinski definition) is 3. The Bertz CT molecular complexity index is 169. The van der Waals surface area contributed by atoms with Gasteiger partial charge in [-0.1, -0.05) is 6.42 Å². The van der Waals surface area contributed by atoms with Gasteiger partial charge in [-0.3, -0.25) is 0 Å². The predicted octanol–water partition coefficient (Wildman–Crippen LogP) is 1.01. The molecular weight excluding hydrogens is 178 g/mol. The van der Waals surface area contributed by atoms with Gasteiger partial charge in [-0.15, -0.1) is 0 Å². The van der Waals surface area contributed by atoms with Crippen molar-refractivity contribution >= 4 is 0 Å². The lowest BCUT2D eigenvalue weighted by Crippen LogP contribution is -2.45. The zero-order chi connectivity index (χ0) is 9.80. The van der Waals surface area contributed by atoms with Crippen LogP contribution in [0.5, 0.6) is 0 Å². The number of ether oxygens (including phenoxy) is 1. The Balaban J connectivity index is 1.76. The highest BCUT2D eigenvalue weighted by atomic mass is 16.5. The summed E-state index contributed by atoms with van der Waals surface area (Å²) < 4.78 is 5.60. The summed E-state index contributed by atoms with van der Waals surface area (Å²) in [5, 5.41) is 9.75. The summed E-state index contributed by atoms with van der Waals surface area (Å²) in [6.45, 7) is 4.13. The van der Waals surface area contributed by atoms with Gasteiger partial charge in [0.25, 0.3) is 0 Å². The summed E-state index contributed by atoms with van der Waals surface area (Å²) in [7, 11) is 0. The van der Waals surface area contributed by atoms with Gasteiger partial charge >= 0.3 is 0 Å². The van der Waals surface area contributed by atoms with E-state index < -0.39 is 0 Å². The highest BCUT2D eigenvalue weighted by Crippen LogP contribution is 2.17. The van der Waals surface area contributed by atoms with Crippen molar-refractivity contribution in [2.75, 3.05) is 26.2 Å². The topological polar surface area (TPSA) is 32.7 Å². The van der Waals surface area contributed by atoms with E-state index >= 15 is 0 Å². The van der Waals surface area contributed by atoms with Crippen molar-refractivity contribution in [3.8, 4) is 0 Å². The monoisotopic (exact) mass is 199 g/mol. The van der Waals surface area contributed by atoms with E-state index in [4.69, 9.17) is 4.74 Å². The second kappa shape index (κ2) is 5.10. The summed E-state index contributed by atoms with van der Waals surface area (Å²) >= 11 is 0. The second-order valence-electron chi connectivity index (χ2n) is 4.48. The van der Waals surface area contributed by atoms with Crippen LogP contribution >= 0.6 is 0 Å². The Morgan fingerprint density at radius 2 is 1.93 bits per heavy atom. The molecule has 0 aliphatic carbocycles. The normalized spacial score (nSPS) is 35.8. The summed E-state index contributed by atoms with van der Waals surface area (Å²) in [6.07, 6.45) is 5.75. The van der Waals surface area contributed by atoms with E-state index in [0.29, 0.717) is 0 Å². The zero-order valence-electron chi connectivity index (χ0n) is 8.82. The first-order valence-electron chi connectivity index (χ1n) is 5.88. The van der Waals surface area contributed by atoms with Gasteiger partial charge < -0.3 is 14.7 Å². The molecule has 0 aromatic rings. The fourth-order valence-electron chi connectivity index (χ4n) is 2.39. The van der Waals surface area contributed by atoms with Crippen LogP contribution in [0.1, 0.15) is 32.1 Å². The van der Waals surface area contributed by atoms with E-state index in [1.807, 2.05) is 0 Å². The molecule has 2 saturated heterocycles. The lowest BCUT2D eigenvalue weighted by Gasteiger charge is -2.34. The first-order chi connectivity index (χ1) is 6.86. The lowest BCUT2D eigenvalue weighted by atomic mass is 10.0. The zero-order valence-corrected chi connectivity index (χ0v) is 8.82. The van der Waals surface area contributed by atoms with Gasteiger partial charge in [-0.25, -0.2) is 0 Å². The van der Waals surface area contributed by atoms with Crippen molar-refractivity contribution in [2.45, 2.75) is 44.3 Å². The molecule has 0 amide bonds. The first kappa shape index (κ1) is 10.4. The number of hydrogen-bond donors (Lipinski definition) is 1. The van der Waals surface area contributed by atoms with Crippen LogP contribution in [0, 0.1) is 0 Å². The van der Waals surface area contributed by atoms with Crippen LogP contribution in [0.15, 0.2) is 0 Å². The minimum Gasteiger partial charge on any atom is -0.390 e. The number of aliphatic hydroxyl groups is 1. The summed E-state index contributed by atoms with van der Waals surface area (Å²) in [5.74, 6) is 0. The number of rotatable bonds is 2. The van der Waals surface area contributed by atoms with E-state index in [1.54, 1.807) is 0 Å². The van der Waals surface area contributed by atoms with Crippen LogP contribution in [-0.2, 0) is 4.74 Å². The highest BCUT2D eigenvalue weighted by molar-refractivity contribution is 4.78. The Kier molecular flexibility index (Phi) is 3.79. The molecule has 2 rings (SSSR count). The van der Waals surface area contributed by atoms with Crippen molar-refractivity contribution in [2.24, 2.45) is 0 Å². The first-order valence-corrected chi connectivity index (χ1v) is 5.88. The van der Waals surface area contributed by atoms with Gasteiger partial charge in [-0.2, -0.15) is 0 Å². The molecule has 3 nitrogen and oxygen atoms in total. The van der Waals surface area contributed by atoms with Crippen molar-refractivity contribution in [3.63, 3.8) is 0 Å². The van der Waals surface area contributed by atoms with Gasteiger partial charge in [0.2, 0.25) is 0 Å². The number of nitrogens with zero attached hydrogens (tertiary/aromatic N) is 1. The molecular formula is C11H21NO2. The Hall–Kier alpha value is -0.120. The Labute approximate surface area is 86.0 Å². The molecule has 0 saturated carbocycles. The maximum Gasteiger partial charge on any atom is 0.0960 e. The Morgan fingerprint density at radius 3 is 2.64 bits per heavy atom. The van der Waals surface area contributed by atoms with Gasteiger partial charge in [0.1, 0.15) is 0 Å². The molecule has 2 heterocycles. The molecule has 1 N–H and O–H groups in total. The molecule has 14 heavy (non-hydrogen) atoms. The fourth-order valence-corrected chi connectivity index (χ4v) is 2.39. The molecule has 0 bridgehead atoms. The molecule has 82 valence electrons. The second-order valence-corrected chi connectivity index (χ2v) is 4.48. The maximum atomic E-state index is 9.75. The highest BCUT2D eigenvalue weighted by Gasteiger charge is 2.26. The summed E-state index contributed by atoms with van der Waals surface area (Å²) in [6, 6.07) is 0. The van der Waals surface area contributed by atoms with Gasteiger partial charge in [-0.05, 0) is 38.8 Å². The van der Waals surface area contributed by atoms with Crippen molar-refractivity contribution < 1.29 is 9.84 Å². The van der Waals surface area contributed by atoms with Crippen LogP contribution < -0.4 is 0 Å². The van der Waals surface area contributed by atoms with Gasteiger partial charge in [0.05, 0.1) is 12.2 Å². The smallest absolute Gasteiger partial charge is 0.0960 e. The predicted molar refractivity (Wildman–Crippen MR) is 55.3 cm³/mol. The van der Waals surface area contributed by atoms with E-state index in [-0.39, 0.29) is 12.2 Å². The fraction of sp³-hybridized carbons (Fsp3) is 1.00. The average Bonchev–Trinajstić information content (AvgIpc) is 2.23. The molecule has 0 aromatic heterocycles. The summed E-state index contributed by atoms with van der Waals surface area (Å²) in [5.41, 5.74) is 0. The van der Waals surface area contributed by atoms with Crippen molar-refractivity contribution in [3.05, 3.63) is 0 Å². The molecule has 2 aliphatic heterocycles. The van der Waals surface area contributed by atoms with E-state index in [9.17, 15) is 5.11 Å². The third-order valence-corrected chi connectivity index (χ3v) is 3.29. The van der Waals surface area contributed by atoms with Crippen LogP contribution in [-0.4, -0.2) is 48.5 Å². The van der Waals surface area contributed by atoms with Crippen LogP contribution in [0.4, 0.5) is 0 Å². The minimum absolute atomic E-state index is 0.0712. The largest absolute Gasteiger partial charge is 0.390 e. The molecule has 2 unspecified atom stereocenters. The molecule has 2 fully saturated rings. The molecule has 0 spiro atoms. The van der Waals surface area contributed by atoms with E-state index in [0.717, 1.165) is 26.0 Å². The number of likely N-dealkylation sites (tertiary alicyclic amines) is 1. The molecule has 0 aromatic carbocycles. The molecule has 3 heteroatoms. The van der Waals surface area contributed by atoms with Crippen molar-refractivity contribution in [1.82, 2.24) is 4.90 Å².